The summed E-state index contributed by atoms with van der Waals surface area (Å²) >= 11 is 0. The van der Waals surface area contributed by atoms with Crippen molar-refractivity contribution in [1.29, 1.82) is 0 Å². The molecule has 1 N–H and O–H groups in total. The van der Waals surface area contributed by atoms with Crippen LogP contribution in [0, 0.1) is 11.8 Å². The Morgan fingerprint density at radius 2 is 1.95 bits per heavy atom. The molecule has 0 spiro atoms. The Kier molecular flexibility index (Phi) is 4.42. The van der Waals surface area contributed by atoms with E-state index < -0.39 is 0 Å². The van der Waals surface area contributed by atoms with Crippen molar-refractivity contribution in [2.45, 2.75) is 39.0 Å². The number of pyridine rings is 1. The summed E-state index contributed by atoms with van der Waals surface area (Å²) in [5.41, 5.74) is 1.57. The minimum Gasteiger partial charge on any atom is -0.385 e. The summed E-state index contributed by atoms with van der Waals surface area (Å²) in [6.07, 6.45) is 7.92. The summed E-state index contributed by atoms with van der Waals surface area (Å²) in [5, 5.41) is 3.32. The molecule has 2 saturated carbocycles. The quantitative estimate of drug-likeness (QED) is 0.799. The summed E-state index contributed by atoms with van der Waals surface area (Å²) in [4.78, 5) is 19.1. The van der Waals surface area contributed by atoms with Crippen molar-refractivity contribution in [3.05, 3.63) is 24.0 Å². The van der Waals surface area contributed by atoms with E-state index in [9.17, 15) is 4.79 Å². The average molecular weight is 287 g/mol. The Labute approximate surface area is 126 Å². The number of rotatable bonds is 8. The number of amides is 1. The molecule has 2 aliphatic carbocycles. The number of anilines is 1. The van der Waals surface area contributed by atoms with E-state index in [1.807, 2.05) is 17.0 Å². The summed E-state index contributed by atoms with van der Waals surface area (Å²) in [6.45, 7) is 4.89. The van der Waals surface area contributed by atoms with Crippen molar-refractivity contribution in [2.75, 3.05) is 25.0 Å². The SMILES string of the molecule is CCCNc1ccnc(C(=O)N(CC2CC2)CC2CC2)c1. The Balaban J connectivity index is 1.67. The Bertz CT molecular complexity index is 481. The normalized spacial score (nSPS) is 17.6. The van der Waals surface area contributed by atoms with Gasteiger partial charge >= 0.3 is 0 Å². The lowest BCUT2D eigenvalue weighted by Gasteiger charge is -2.22. The van der Waals surface area contributed by atoms with Crippen LogP contribution in [0.2, 0.25) is 0 Å². The van der Waals surface area contributed by atoms with Crippen LogP contribution in [0.5, 0.6) is 0 Å². The summed E-state index contributed by atoms with van der Waals surface area (Å²) < 4.78 is 0. The minimum absolute atomic E-state index is 0.106. The van der Waals surface area contributed by atoms with Gasteiger partial charge in [0.25, 0.3) is 5.91 Å². The third-order valence-electron chi connectivity index (χ3n) is 4.20. The lowest BCUT2D eigenvalue weighted by Crippen LogP contribution is -2.35. The first-order valence-electron chi connectivity index (χ1n) is 8.25. The van der Waals surface area contributed by atoms with Gasteiger partial charge in [0.15, 0.2) is 0 Å². The van der Waals surface area contributed by atoms with Crippen molar-refractivity contribution < 1.29 is 4.79 Å². The number of nitrogens with one attached hydrogen (secondary N) is 1. The second kappa shape index (κ2) is 6.46. The van der Waals surface area contributed by atoms with E-state index >= 15 is 0 Å². The summed E-state index contributed by atoms with van der Waals surface area (Å²) in [5.74, 6) is 1.57. The third-order valence-corrected chi connectivity index (χ3v) is 4.20. The van der Waals surface area contributed by atoms with Gasteiger partial charge in [0.1, 0.15) is 5.69 Å². The zero-order valence-corrected chi connectivity index (χ0v) is 12.8. The molecule has 1 amide bonds. The van der Waals surface area contributed by atoms with E-state index in [-0.39, 0.29) is 5.91 Å². The van der Waals surface area contributed by atoms with Crippen LogP contribution >= 0.6 is 0 Å². The fourth-order valence-corrected chi connectivity index (χ4v) is 2.55. The van der Waals surface area contributed by atoms with Crippen molar-refractivity contribution in [1.82, 2.24) is 9.88 Å². The Morgan fingerprint density at radius 3 is 2.52 bits per heavy atom. The van der Waals surface area contributed by atoms with Gasteiger partial charge in [0.05, 0.1) is 0 Å². The van der Waals surface area contributed by atoms with Crippen LogP contribution in [0.15, 0.2) is 18.3 Å². The average Bonchev–Trinajstić information content (AvgIpc) is 3.39. The molecule has 21 heavy (non-hydrogen) atoms. The zero-order chi connectivity index (χ0) is 14.7. The Morgan fingerprint density at radius 1 is 1.29 bits per heavy atom. The highest BCUT2D eigenvalue weighted by Gasteiger charge is 2.32. The first-order chi connectivity index (χ1) is 10.3. The van der Waals surface area contributed by atoms with Crippen molar-refractivity contribution in [2.24, 2.45) is 11.8 Å². The highest BCUT2D eigenvalue weighted by molar-refractivity contribution is 5.93. The molecular weight excluding hydrogens is 262 g/mol. The van der Waals surface area contributed by atoms with Gasteiger partial charge in [-0.1, -0.05) is 6.92 Å². The van der Waals surface area contributed by atoms with Crippen LogP contribution in [-0.2, 0) is 0 Å². The predicted molar refractivity (Wildman–Crippen MR) is 84.4 cm³/mol. The molecule has 1 heterocycles. The highest BCUT2D eigenvalue weighted by atomic mass is 16.2. The van der Waals surface area contributed by atoms with Gasteiger partial charge in [-0.25, -0.2) is 0 Å². The molecule has 0 bridgehead atoms. The van der Waals surface area contributed by atoms with Crippen LogP contribution in [0.3, 0.4) is 0 Å². The molecule has 114 valence electrons. The standard InChI is InChI=1S/C17H25N3O/c1-2-8-18-15-7-9-19-16(10-15)17(21)20(11-13-3-4-13)12-14-5-6-14/h7,9-10,13-14H,2-6,8,11-12H2,1H3,(H,18,19). The van der Waals surface area contributed by atoms with E-state index in [0.29, 0.717) is 5.69 Å². The fourth-order valence-electron chi connectivity index (χ4n) is 2.55. The van der Waals surface area contributed by atoms with E-state index in [1.54, 1.807) is 6.20 Å². The van der Waals surface area contributed by atoms with E-state index in [4.69, 9.17) is 0 Å². The highest BCUT2D eigenvalue weighted by Crippen LogP contribution is 2.34. The molecule has 4 nitrogen and oxygen atoms in total. The van der Waals surface area contributed by atoms with Crippen LogP contribution in [-0.4, -0.2) is 35.4 Å². The number of hydrogen-bond donors (Lipinski definition) is 1. The van der Waals surface area contributed by atoms with Gasteiger partial charge in [-0.3, -0.25) is 9.78 Å². The molecule has 2 aliphatic rings. The number of nitrogens with zero attached hydrogens (tertiary/aromatic N) is 2. The van der Waals surface area contributed by atoms with E-state index in [0.717, 1.165) is 43.6 Å². The van der Waals surface area contributed by atoms with Gasteiger partial charge in [0, 0.05) is 31.5 Å². The Hall–Kier alpha value is -1.58. The topological polar surface area (TPSA) is 45.2 Å². The number of carbonyl (C=O) groups excluding carboxylic acids is 1. The molecule has 4 heteroatoms. The first kappa shape index (κ1) is 14.4. The molecule has 0 saturated heterocycles. The maximum atomic E-state index is 12.7. The molecule has 3 rings (SSSR count). The van der Waals surface area contributed by atoms with Gasteiger partial charge in [-0.15, -0.1) is 0 Å². The lowest BCUT2D eigenvalue weighted by molar-refractivity contribution is 0.0733. The van der Waals surface area contributed by atoms with E-state index in [1.165, 1.54) is 25.7 Å². The molecule has 0 aliphatic heterocycles. The summed E-state index contributed by atoms with van der Waals surface area (Å²) in [6, 6.07) is 3.82. The molecular formula is C17H25N3O. The largest absolute Gasteiger partial charge is 0.385 e. The smallest absolute Gasteiger partial charge is 0.272 e. The van der Waals surface area contributed by atoms with Gasteiger partial charge < -0.3 is 10.2 Å². The van der Waals surface area contributed by atoms with Crippen molar-refractivity contribution in [3.8, 4) is 0 Å². The predicted octanol–water partition coefficient (Wildman–Crippen LogP) is 3.17. The maximum Gasteiger partial charge on any atom is 0.272 e. The number of hydrogen-bond acceptors (Lipinski definition) is 3. The molecule has 0 aromatic carbocycles. The minimum atomic E-state index is 0.106. The number of carbonyl (C=O) groups is 1. The molecule has 0 radical (unpaired) electrons. The molecule has 2 fully saturated rings. The third kappa shape index (κ3) is 4.19. The fraction of sp³-hybridized carbons (Fsp3) is 0.647. The van der Waals surface area contributed by atoms with Crippen LogP contribution in [0.1, 0.15) is 49.5 Å². The van der Waals surface area contributed by atoms with E-state index in [2.05, 4.69) is 17.2 Å². The van der Waals surface area contributed by atoms with Gasteiger partial charge in [0.2, 0.25) is 0 Å². The second-order valence-electron chi connectivity index (χ2n) is 6.45. The zero-order valence-electron chi connectivity index (χ0n) is 12.8. The van der Waals surface area contributed by atoms with Gasteiger partial charge in [-0.05, 0) is 56.1 Å². The molecule has 1 aromatic heterocycles. The first-order valence-corrected chi connectivity index (χ1v) is 8.25. The van der Waals surface area contributed by atoms with Crippen LogP contribution < -0.4 is 5.32 Å². The number of aromatic nitrogens is 1. The van der Waals surface area contributed by atoms with Gasteiger partial charge in [-0.2, -0.15) is 0 Å². The van der Waals surface area contributed by atoms with Crippen LogP contribution in [0.4, 0.5) is 5.69 Å². The maximum absolute atomic E-state index is 12.7. The van der Waals surface area contributed by atoms with Crippen molar-refractivity contribution >= 4 is 11.6 Å². The monoisotopic (exact) mass is 287 g/mol. The molecule has 0 unspecified atom stereocenters. The van der Waals surface area contributed by atoms with Crippen molar-refractivity contribution in [3.63, 3.8) is 0 Å². The molecule has 1 aromatic rings. The lowest BCUT2D eigenvalue weighted by atomic mass is 10.2. The molecule has 0 atom stereocenters. The second-order valence-corrected chi connectivity index (χ2v) is 6.45. The summed E-state index contributed by atoms with van der Waals surface area (Å²) in [7, 11) is 0. The van der Waals surface area contributed by atoms with Crippen LogP contribution in [0.25, 0.3) is 0 Å².